The molecule has 1 atom stereocenters. The average molecular weight is 282 g/mol. The largest absolute Gasteiger partial charge is 0.474 e. The van der Waals surface area contributed by atoms with E-state index in [0.29, 0.717) is 0 Å². The van der Waals surface area contributed by atoms with Gasteiger partial charge in [0.1, 0.15) is 0 Å². The van der Waals surface area contributed by atoms with Crippen molar-refractivity contribution in [2.24, 2.45) is 4.99 Å². The molecule has 0 saturated carbocycles. The van der Waals surface area contributed by atoms with E-state index in [-0.39, 0.29) is 11.6 Å². The van der Waals surface area contributed by atoms with Crippen molar-refractivity contribution in [2.45, 2.75) is 38.8 Å². The van der Waals surface area contributed by atoms with Crippen LogP contribution in [0.25, 0.3) is 0 Å². The molecule has 1 aromatic carbocycles. The van der Waals surface area contributed by atoms with Crippen molar-refractivity contribution in [3.8, 4) is 0 Å². The predicted molar refractivity (Wildman–Crippen MR) is 69.9 cm³/mol. The zero-order chi connectivity index (χ0) is 11.8. The summed E-state index contributed by atoms with van der Waals surface area (Å²) in [6.07, 6.45) is 1.19. The first-order chi connectivity index (χ1) is 7.46. The number of halogens is 1. The van der Waals surface area contributed by atoms with Gasteiger partial charge in [-0.3, -0.25) is 0 Å². The Labute approximate surface area is 105 Å². The van der Waals surface area contributed by atoms with Crippen molar-refractivity contribution >= 4 is 21.8 Å². The van der Waals surface area contributed by atoms with Crippen LogP contribution in [-0.4, -0.2) is 17.5 Å². The van der Waals surface area contributed by atoms with Crippen molar-refractivity contribution in [1.82, 2.24) is 0 Å². The topological polar surface area (TPSA) is 21.6 Å². The first-order valence-electron chi connectivity index (χ1n) is 5.49. The molecule has 3 heteroatoms. The normalized spacial score (nSPS) is 23.5. The van der Waals surface area contributed by atoms with Gasteiger partial charge < -0.3 is 4.74 Å². The SMILES string of the molecule is CC1CC(C)(C)N=C(c2cccc(Br)c2)O1. The first-order valence-corrected chi connectivity index (χ1v) is 6.28. The molecule has 86 valence electrons. The summed E-state index contributed by atoms with van der Waals surface area (Å²) in [7, 11) is 0. The summed E-state index contributed by atoms with van der Waals surface area (Å²) in [5, 5.41) is 0. The van der Waals surface area contributed by atoms with E-state index in [0.717, 1.165) is 22.4 Å². The molecule has 0 amide bonds. The number of rotatable bonds is 1. The quantitative estimate of drug-likeness (QED) is 0.768. The molecule has 2 rings (SSSR count). The van der Waals surface area contributed by atoms with Crippen LogP contribution >= 0.6 is 15.9 Å². The highest BCUT2D eigenvalue weighted by Crippen LogP contribution is 2.26. The van der Waals surface area contributed by atoms with Crippen LogP contribution in [0.4, 0.5) is 0 Å². The highest BCUT2D eigenvalue weighted by Gasteiger charge is 2.28. The van der Waals surface area contributed by atoms with E-state index in [1.807, 2.05) is 24.3 Å². The average Bonchev–Trinajstić information content (AvgIpc) is 2.14. The fourth-order valence-corrected chi connectivity index (χ4v) is 2.44. The van der Waals surface area contributed by atoms with Crippen molar-refractivity contribution in [2.75, 3.05) is 0 Å². The van der Waals surface area contributed by atoms with E-state index < -0.39 is 0 Å². The van der Waals surface area contributed by atoms with Gasteiger partial charge in [0.25, 0.3) is 0 Å². The minimum absolute atomic E-state index is 0.0324. The molecule has 0 aliphatic carbocycles. The first kappa shape index (κ1) is 11.6. The third-order valence-corrected chi connectivity index (χ3v) is 3.07. The predicted octanol–water partition coefficient (Wildman–Crippen LogP) is 3.78. The minimum Gasteiger partial charge on any atom is -0.474 e. The molecule has 16 heavy (non-hydrogen) atoms. The summed E-state index contributed by atoms with van der Waals surface area (Å²) in [5.74, 6) is 0.755. The molecule has 0 saturated heterocycles. The van der Waals surface area contributed by atoms with E-state index in [9.17, 15) is 0 Å². The lowest BCUT2D eigenvalue weighted by Gasteiger charge is -2.31. The summed E-state index contributed by atoms with van der Waals surface area (Å²) in [4.78, 5) is 4.65. The van der Waals surface area contributed by atoms with E-state index in [1.165, 1.54) is 0 Å². The number of nitrogens with zero attached hydrogens (tertiary/aromatic N) is 1. The highest BCUT2D eigenvalue weighted by atomic mass is 79.9. The van der Waals surface area contributed by atoms with Gasteiger partial charge in [-0.25, -0.2) is 4.99 Å². The van der Waals surface area contributed by atoms with Crippen molar-refractivity contribution in [1.29, 1.82) is 0 Å². The van der Waals surface area contributed by atoms with Gasteiger partial charge in [-0.15, -0.1) is 0 Å². The van der Waals surface area contributed by atoms with Gasteiger partial charge in [0.2, 0.25) is 5.90 Å². The third-order valence-electron chi connectivity index (χ3n) is 2.58. The Bertz CT molecular complexity index is 426. The summed E-state index contributed by atoms with van der Waals surface area (Å²) in [6.45, 7) is 6.38. The Morgan fingerprint density at radius 1 is 1.44 bits per heavy atom. The Kier molecular flexibility index (Phi) is 3.06. The number of hydrogen-bond acceptors (Lipinski definition) is 2. The standard InChI is InChI=1S/C13H16BrNO/c1-9-8-13(2,3)15-12(16-9)10-5-4-6-11(14)7-10/h4-7,9H,8H2,1-3H3. The van der Waals surface area contributed by atoms with E-state index in [2.05, 4.69) is 41.7 Å². The van der Waals surface area contributed by atoms with Crippen LogP contribution in [0.2, 0.25) is 0 Å². The lowest BCUT2D eigenvalue weighted by Crippen LogP contribution is -2.34. The van der Waals surface area contributed by atoms with Gasteiger partial charge in [0, 0.05) is 16.5 Å². The number of ether oxygens (including phenoxy) is 1. The molecule has 0 bridgehead atoms. The maximum absolute atomic E-state index is 5.79. The van der Waals surface area contributed by atoms with Crippen LogP contribution in [0.1, 0.15) is 32.8 Å². The molecule has 1 heterocycles. The molecule has 0 fully saturated rings. The van der Waals surface area contributed by atoms with E-state index in [4.69, 9.17) is 4.74 Å². The second kappa shape index (κ2) is 4.21. The van der Waals surface area contributed by atoms with Gasteiger partial charge in [-0.05, 0) is 39.0 Å². The second-order valence-corrected chi connectivity index (χ2v) is 5.79. The molecule has 1 unspecified atom stereocenters. The molecule has 0 aromatic heterocycles. The summed E-state index contributed by atoms with van der Waals surface area (Å²) in [6, 6.07) is 8.06. The second-order valence-electron chi connectivity index (χ2n) is 4.87. The van der Waals surface area contributed by atoms with Crippen molar-refractivity contribution < 1.29 is 4.74 Å². The fourth-order valence-electron chi connectivity index (χ4n) is 2.04. The molecule has 1 aromatic rings. The molecule has 0 N–H and O–H groups in total. The van der Waals surface area contributed by atoms with Crippen LogP contribution in [0.15, 0.2) is 33.7 Å². The number of hydrogen-bond donors (Lipinski definition) is 0. The van der Waals surface area contributed by atoms with Crippen LogP contribution in [0.3, 0.4) is 0 Å². The molecule has 1 aliphatic heterocycles. The van der Waals surface area contributed by atoms with Crippen LogP contribution in [-0.2, 0) is 4.74 Å². The van der Waals surface area contributed by atoms with Crippen molar-refractivity contribution in [3.63, 3.8) is 0 Å². The molecule has 0 radical (unpaired) electrons. The summed E-state index contributed by atoms with van der Waals surface area (Å²) in [5.41, 5.74) is 1.00. The Balaban J connectivity index is 2.37. The Morgan fingerprint density at radius 2 is 2.19 bits per heavy atom. The monoisotopic (exact) mass is 281 g/mol. The maximum atomic E-state index is 5.79. The fraction of sp³-hybridized carbons (Fsp3) is 0.462. The summed E-state index contributed by atoms with van der Waals surface area (Å²) >= 11 is 3.46. The van der Waals surface area contributed by atoms with Crippen LogP contribution in [0.5, 0.6) is 0 Å². The maximum Gasteiger partial charge on any atom is 0.216 e. The van der Waals surface area contributed by atoms with Gasteiger partial charge in [-0.2, -0.15) is 0 Å². The van der Waals surface area contributed by atoms with Crippen molar-refractivity contribution in [3.05, 3.63) is 34.3 Å². The minimum atomic E-state index is -0.0324. The zero-order valence-corrected chi connectivity index (χ0v) is 11.4. The van der Waals surface area contributed by atoms with E-state index in [1.54, 1.807) is 0 Å². The summed E-state index contributed by atoms with van der Waals surface area (Å²) < 4.78 is 6.84. The van der Waals surface area contributed by atoms with Gasteiger partial charge in [0.15, 0.2) is 0 Å². The molecule has 2 nitrogen and oxygen atoms in total. The van der Waals surface area contributed by atoms with E-state index >= 15 is 0 Å². The third kappa shape index (κ3) is 2.64. The lowest BCUT2D eigenvalue weighted by atomic mass is 9.96. The number of aliphatic imine (C=N–C) groups is 1. The molecular formula is C13H16BrNO. The van der Waals surface area contributed by atoms with Gasteiger partial charge in [-0.1, -0.05) is 22.0 Å². The lowest BCUT2D eigenvalue weighted by molar-refractivity contribution is 0.146. The Hall–Kier alpha value is -0.830. The molecule has 1 aliphatic rings. The smallest absolute Gasteiger partial charge is 0.216 e. The van der Waals surface area contributed by atoms with Gasteiger partial charge in [0.05, 0.1) is 11.6 Å². The zero-order valence-electron chi connectivity index (χ0n) is 9.83. The van der Waals surface area contributed by atoms with Gasteiger partial charge >= 0.3 is 0 Å². The van der Waals surface area contributed by atoms with Crippen LogP contribution < -0.4 is 0 Å². The Morgan fingerprint density at radius 3 is 2.81 bits per heavy atom. The number of benzene rings is 1. The van der Waals surface area contributed by atoms with Crippen LogP contribution in [0, 0.1) is 0 Å². The molecule has 0 spiro atoms. The highest BCUT2D eigenvalue weighted by molar-refractivity contribution is 9.10. The molecular weight excluding hydrogens is 266 g/mol.